The molecule has 0 fully saturated rings. The average molecular weight is 418 g/mol. The summed E-state index contributed by atoms with van der Waals surface area (Å²) in [5.74, 6) is 0.372. The van der Waals surface area contributed by atoms with Gasteiger partial charge in [-0.1, -0.05) is 84.4 Å². The number of fused-ring (bicyclic) bond motifs is 2. The van der Waals surface area contributed by atoms with Gasteiger partial charge in [0.1, 0.15) is 8.07 Å². The van der Waals surface area contributed by atoms with Crippen LogP contribution in [0.2, 0.25) is 13.1 Å². The van der Waals surface area contributed by atoms with Crippen molar-refractivity contribution in [3.63, 3.8) is 0 Å². The summed E-state index contributed by atoms with van der Waals surface area (Å²) in [6.07, 6.45) is 4.90. The molecular weight excluding hydrogens is 388 g/mol. The van der Waals surface area contributed by atoms with Crippen molar-refractivity contribution in [3.8, 4) is 11.1 Å². The molecule has 1 radical (unpaired) electrons. The maximum atomic E-state index is 2.57. The zero-order valence-corrected chi connectivity index (χ0v) is 20.4. The second kappa shape index (κ2) is 6.20. The minimum Gasteiger partial charge on any atom is -0.0646 e. The molecule has 3 aliphatic rings. The van der Waals surface area contributed by atoms with E-state index in [9.17, 15) is 0 Å². The molecule has 0 saturated heterocycles. The van der Waals surface area contributed by atoms with Gasteiger partial charge in [-0.15, -0.1) is 0 Å². The van der Waals surface area contributed by atoms with Crippen LogP contribution in [-0.2, 0) is 0 Å². The van der Waals surface area contributed by atoms with Gasteiger partial charge >= 0.3 is 0 Å². The third-order valence-corrected chi connectivity index (χ3v) is 11.4. The summed E-state index contributed by atoms with van der Waals surface area (Å²) in [7, 11) is -1.80. The van der Waals surface area contributed by atoms with E-state index in [0.29, 0.717) is 5.92 Å². The van der Waals surface area contributed by atoms with Crippen molar-refractivity contribution in [1.29, 1.82) is 0 Å². The minimum atomic E-state index is -1.80. The van der Waals surface area contributed by atoms with E-state index in [4.69, 9.17) is 0 Å². The quantitative estimate of drug-likeness (QED) is 0.383. The van der Waals surface area contributed by atoms with Crippen molar-refractivity contribution in [2.75, 3.05) is 0 Å². The topological polar surface area (TPSA) is 0 Å². The Labute approximate surface area is 187 Å². The summed E-state index contributed by atoms with van der Waals surface area (Å²) in [5, 5.41) is 3.34. The predicted octanol–water partition coefficient (Wildman–Crippen LogP) is 7.33. The lowest BCUT2D eigenvalue weighted by atomic mass is 9.83. The van der Waals surface area contributed by atoms with Crippen LogP contribution in [0.1, 0.15) is 58.7 Å². The van der Waals surface area contributed by atoms with Gasteiger partial charge in [-0.3, -0.25) is 0 Å². The molecule has 2 aliphatic carbocycles. The summed E-state index contributed by atoms with van der Waals surface area (Å²) >= 11 is 0. The lowest BCUT2D eigenvalue weighted by molar-refractivity contribution is 0.977. The third kappa shape index (κ3) is 2.41. The second-order valence-electron chi connectivity index (χ2n) is 10.3. The molecule has 1 heterocycles. The molecule has 0 nitrogen and oxygen atoms in total. The fourth-order valence-electron chi connectivity index (χ4n) is 6.75. The molecule has 0 spiro atoms. The van der Waals surface area contributed by atoms with Crippen molar-refractivity contribution in [2.24, 2.45) is 0 Å². The van der Waals surface area contributed by atoms with Crippen LogP contribution >= 0.6 is 0 Å². The van der Waals surface area contributed by atoms with E-state index in [1.165, 1.54) is 50.1 Å². The Balaban J connectivity index is 1.70. The molecule has 0 amide bonds. The van der Waals surface area contributed by atoms with Gasteiger partial charge in [0.2, 0.25) is 0 Å². The van der Waals surface area contributed by atoms with E-state index in [1.807, 2.05) is 0 Å². The molecule has 0 N–H and O–H groups in total. The van der Waals surface area contributed by atoms with E-state index in [2.05, 4.69) is 102 Å². The van der Waals surface area contributed by atoms with Crippen LogP contribution in [0.5, 0.6) is 0 Å². The van der Waals surface area contributed by atoms with Crippen molar-refractivity contribution in [1.82, 2.24) is 0 Å². The normalized spacial score (nSPS) is 19.8. The van der Waals surface area contributed by atoms with Crippen molar-refractivity contribution >= 4 is 24.5 Å². The first-order valence-corrected chi connectivity index (χ1v) is 14.4. The lowest BCUT2D eigenvalue weighted by Gasteiger charge is -2.28. The molecule has 1 unspecified atom stereocenters. The van der Waals surface area contributed by atoms with Crippen molar-refractivity contribution in [2.45, 2.75) is 46.7 Å². The molecule has 3 aromatic rings. The SMILES string of the molecule is CC1=Cc2c(C)cc(C)cc2C1c1cc2c3c(-c4ccccc4)c1[Si](C)(C)C3=C(C)[CH]2. The Bertz CT molecular complexity index is 1350. The fraction of sp³-hybridized carbons (Fsp3) is 0.233. The molecule has 0 aromatic heterocycles. The van der Waals surface area contributed by atoms with Crippen LogP contribution in [0, 0.1) is 20.3 Å². The molecule has 1 atom stereocenters. The standard InChI is InChI=1S/C30H29Si/c1-17-12-18(2)23-15-19(3)26(24(23)13-17)25-16-22-14-20(4)29-28(22)27(30(25)31(29,5)6)21-10-8-7-9-11-21/h7-16,26H,1-6H3. The molecule has 153 valence electrons. The summed E-state index contributed by atoms with van der Waals surface area (Å²) in [4.78, 5) is 0. The van der Waals surface area contributed by atoms with E-state index < -0.39 is 8.07 Å². The summed E-state index contributed by atoms with van der Waals surface area (Å²) in [5.41, 5.74) is 16.1. The molecule has 1 heteroatoms. The number of rotatable bonds is 2. The highest BCUT2D eigenvalue weighted by Crippen LogP contribution is 2.53. The van der Waals surface area contributed by atoms with E-state index in [-0.39, 0.29) is 0 Å². The highest BCUT2D eigenvalue weighted by molar-refractivity contribution is 7.07. The van der Waals surface area contributed by atoms with Crippen LogP contribution in [0.3, 0.4) is 0 Å². The summed E-state index contributed by atoms with van der Waals surface area (Å²) < 4.78 is 0. The molecule has 31 heavy (non-hydrogen) atoms. The number of hydrogen-bond donors (Lipinski definition) is 0. The van der Waals surface area contributed by atoms with Gasteiger partial charge < -0.3 is 0 Å². The molecule has 0 saturated carbocycles. The zero-order valence-electron chi connectivity index (χ0n) is 19.4. The molecule has 2 bridgehead atoms. The lowest BCUT2D eigenvalue weighted by Crippen LogP contribution is -2.42. The van der Waals surface area contributed by atoms with Crippen LogP contribution in [0.25, 0.3) is 22.4 Å². The monoisotopic (exact) mass is 417 g/mol. The Hall–Kier alpha value is -2.64. The van der Waals surface area contributed by atoms with Gasteiger partial charge in [-0.05, 0) is 82.6 Å². The molecule has 1 aliphatic heterocycles. The van der Waals surface area contributed by atoms with E-state index >= 15 is 0 Å². The first-order chi connectivity index (χ1) is 14.8. The molecule has 6 rings (SSSR count). The number of benzene rings is 3. The van der Waals surface area contributed by atoms with Crippen LogP contribution in [0.15, 0.2) is 59.7 Å². The minimum absolute atomic E-state index is 0.372. The summed E-state index contributed by atoms with van der Waals surface area (Å²) in [6.45, 7) is 14.3. The van der Waals surface area contributed by atoms with E-state index in [1.54, 1.807) is 21.5 Å². The molecule has 3 aromatic carbocycles. The van der Waals surface area contributed by atoms with Gasteiger partial charge in [0.15, 0.2) is 0 Å². The zero-order chi connectivity index (χ0) is 21.7. The highest BCUT2D eigenvalue weighted by atomic mass is 28.3. The van der Waals surface area contributed by atoms with Crippen LogP contribution in [0.4, 0.5) is 0 Å². The van der Waals surface area contributed by atoms with Gasteiger partial charge in [0, 0.05) is 12.3 Å². The number of hydrogen-bond acceptors (Lipinski definition) is 0. The maximum Gasteiger partial charge on any atom is 0.114 e. The smallest absolute Gasteiger partial charge is 0.0646 e. The largest absolute Gasteiger partial charge is 0.114 e. The van der Waals surface area contributed by atoms with Crippen LogP contribution in [-0.4, -0.2) is 8.07 Å². The van der Waals surface area contributed by atoms with Crippen molar-refractivity contribution in [3.05, 3.63) is 105 Å². The second-order valence-corrected chi connectivity index (χ2v) is 14.5. The first kappa shape index (κ1) is 19.1. The highest BCUT2D eigenvalue weighted by Gasteiger charge is 2.48. The Kier molecular flexibility index (Phi) is 3.82. The van der Waals surface area contributed by atoms with Crippen molar-refractivity contribution < 1.29 is 0 Å². The van der Waals surface area contributed by atoms with E-state index in [0.717, 1.165) is 0 Å². The van der Waals surface area contributed by atoms with Gasteiger partial charge in [0.05, 0.1) is 0 Å². The average Bonchev–Trinajstić information content (AvgIpc) is 3.29. The molecular formula is C30H29Si. The predicted molar refractivity (Wildman–Crippen MR) is 136 cm³/mol. The third-order valence-electron chi connectivity index (χ3n) is 7.73. The van der Waals surface area contributed by atoms with Crippen LogP contribution < -0.4 is 5.19 Å². The fourth-order valence-corrected chi connectivity index (χ4v) is 10.8. The Morgan fingerprint density at radius 2 is 1.55 bits per heavy atom. The van der Waals surface area contributed by atoms with Gasteiger partial charge in [-0.25, -0.2) is 0 Å². The maximum absolute atomic E-state index is 2.57. The Morgan fingerprint density at radius 3 is 2.29 bits per heavy atom. The van der Waals surface area contributed by atoms with Gasteiger partial charge in [0.25, 0.3) is 0 Å². The number of aryl methyl sites for hydroxylation is 2. The Morgan fingerprint density at radius 1 is 0.806 bits per heavy atom. The first-order valence-electron chi connectivity index (χ1n) is 11.4. The van der Waals surface area contributed by atoms with Gasteiger partial charge in [-0.2, -0.15) is 0 Å². The summed E-state index contributed by atoms with van der Waals surface area (Å²) in [6, 6.07) is 18.4. The number of allylic oxidation sites excluding steroid dienone is 2.